The molecule has 0 aromatic heterocycles. The number of nitrogens with two attached hydrogens (primary N) is 1. The van der Waals surface area contributed by atoms with E-state index >= 15 is 0 Å². The summed E-state index contributed by atoms with van der Waals surface area (Å²) in [5, 5.41) is 0. The highest BCUT2D eigenvalue weighted by molar-refractivity contribution is 4.83. The Balaban J connectivity index is 4.33. The molecule has 0 spiro atoms. The van der Waals surface area contributed by atoms with Gasteiger partial charge >= 0.3 is 0 Å². The summed E-state index contributed by atoms with van der Waals surface area (Å²) in [6.45, 7) is 9.74. The monoisotopic (exact) mass is 189 g/mol. The first-order valence-corrected chi connectivity index (χ1v) is 5.12. The summed E-state index contributed by atoms with van der Waals surface area (Å²) in [6, 6.07) is 0. The van der Waals surface area contributed by atoms with E-state index in [4.69, 9.17) is 10.6 Å². The Morgan fingerprint density at radius 2 is 1.77 bits per heavy atom. The predicted molar refractivity (Wildman–Crippen MR) is 54.2 cm³/mol. The molecule has 0 aromatic carbocycles. The fraction of sp³-hybridized carbons (Fsp3) is 1.00. The first kappa shape index (κ1) is 12.9. The third-order valence-corrected chi connectivity index (χ3v) is 2.87. The molecule has 0 aromatic rings. The lowest BCUT2D eigenvalue weighted by molar-refractivity contribution is -0.103. The third-order valence-electron chi connectivity index (χ3n) is 2.87. The lowest BCUT2D eigenvalue weighted by Gasteiger charge is -2.37. The van der Waals surface area contributed by atoms with Crippen molar-refractivity contribution in [2.75, 3.05) is 13.2 Å². The zero-order valence-electron chi connectivity index (χ0n) is 9.30. The normalized spacial score (nSPS) is 14.5. The molecule has 0 fully saturated rings. The summed E-state index contributed by atoms with van der Waals surface area (Å²) in [7, 11) is 0. The van der Waals surface area contributed by atoms with Crippen LogP contribution in [-0.2, 0) is 9.57 Å². The van der Waals surface area contributed by atoms with E-state index in [1.165, 1.54) is 0 Å². The van der Waals surface area contributed by atoms with Crippen LogP contribution in [0.15, 0.2) is 0 Å². The van der Waals surface area contributed by atoms with Crippen LogP contribution in [0.4, 0.5) is 0 Å². The van der Waals surface area contributed by atoms with Crippen LogP contribution in [-0.4, -0.2) is 18.8 Å². The van der Waals surface area contributed by atoms with Crippen molar-refractivity contribution in [2.24, 2.45) is 11.8 Å². The molecule has 0 rings (SSSR count). The fourth-order valence-corrected chi connectivity index (χ4v) is 1.88. The molecule has 3 heteroatoms. The number of rotatable bonds is 7. The maximum Gasteiger partial charge on any atom is 0.0732 e. The van der Waals surface area contributed by atoms with Gasteiger partial charge in [-0.05, 0) is 19.8 Å². The van der Waals surface area contributed by atoms with Crippen molar-refractivity contribution in [3.63, 3.8) is 0 Å². The molecule has 1 atom stereocenters. The van der Waals surface area contributed by atoms with Gasteiger partial charge in [0.15, 0.2) is 0 Å². The summed E-state index contributed by atoms with van der Waals surface area (Å²) in [5.41, 5.74) is -0.0614. The molecule has 0 saturated carbocycles. The molecular weight excluding hydrogens is 166 g/mol. The zero-order valence-corrected chi connectivity index (χ0v) is 9.30. The van der Waals surface area contributed by atoms with Crippen molar-refractivity contribution in [3.8, 4) is 0 Å². The molecule has 1 unspecified atom stereocenters. The Morgan fingerprint density at radius 1 is 1.23 bits per heavy atom. The molecule has 13 heavy (non-hydrogen) atoms. The smallest absolute Gasteiger partial charge is 0.0732 e. The summed E-state index contributed by atoms with van der Waals surface area (Å²) in [5.74, 6) is 5.42. The topological polar surface area (TPSA) is 44.5 Å². The second-order valence-corrected chi connectivity index (χ2v) is 3.44. The number of hydrogen-bond donors (Lipinski definition) is 1. The largest absolute Gasteiger partial charge is 0.375 e. The van der Waals surface area contributed by atoms with E-state index in [-0.39, 0.29) is 5.60 Å². The van der Waals surface area contributed by atoms with E-state index in [1.54, 1.807) is 0 Å². The summed E-state index contributed by atoms with van der Waals surface area (Å²) in [6.07, 6.45) is 2.00. The molecule has 0 aliphatic heterocycles. The van der Waals surface area contributed by atoms with Crippen LogP contribution in [0.3, 0.4) is 0 Å². The Labute approximate surface area is 81.5 Å². The van der Waals surface area contributed by atoms with Gasteiger partial charge < -0.3 is 9.57 Å². The van der Waals surface area contributed by atoms with Crippen LogP contribution in [0.1, 0.15) is 40.5 Å². The van der Waals surface area contributed by atoms with E-state index in [0.717, 1.165) is 19.4 Å². The molecular formula is C10H23NO2. The van der Waals surface area contributed by atoms with Crippen molar-refractivity contribution < 1.29 is 9.57 Å². The highest BCUT2D eigenvalue weighted by atomic mass is 16.6. The van der Waals surface area contributed by atoms with E-state index in [0.29, 0.717) is 12.5 Å². The van der Waals surface area contributed by atoms with Crippen molar-refractivity contribution in [1.82, 2.24) is 0 Å². The zero-order chi connectivity index (χ0) is 10.3. The lowest BCUT2D eigenvalue weighted by atomic mass is 9.84. The highest BCUT2D eigenvalue weighted by Gasteiger charge is 2.33. The Morgan fingerprint density at radius 3 is 2.08 bits per heavy atom. The molecule has 3 nitrogen and oxygen atoms in total. The Bertz CT molecular complexity index is 124. The van der Waals surface area contributed by atoms with Crippen LogP contribution >= 0.6 is 0 Å². The molecule has 80 valence electrons. The third kappa shape index (κ3) is 3.25. The van der Waals surface area contributed by atoms with Crippen LogP contribution in [0.2, 0.25) is 0 Å². The van der Waals surface area contributed by atoms with Crippen LogP contribution in [0.25, 0.3) is 0 Å². The average Bonchev–Trinajstić information content (AvgIpc) is 2.14. The van der Waals surface area contributed by atoms with Gasteiger partial charge in [0.1, 0.15) is 0 Å². The lowest BCUT2D eigenvalue weighted by Crippen LogP contribution is -2.41. The molecule has 0 bridgehead atoms. The van der Waals surface area contributed by atoms with E-state index in [1.807, 2.05) is 6.92 Å². The first-order chi connectivity index (χ1) is 6.16. The maximum absolute atomic E-state index is 5.81. The van der Waals surface area contributed by atoms with Gasteiger partial charge in [-0.3, -0.25) is 0 Å². The van der Waals surface area contributed by atoms with Gasteiger partial charge in [-0.1, -0.05) is 20.8 Å². The maximum atomic E-state index is 5.81. The van der Waals surface area contributed by atoms with Crippen molar-refractivity contribution >= 4 is 0 Å². The Hall–Kier alpha value is -0.120. The quantitative estimate of drug-likeness (QED) is 0.624. The van der Waals surface area contributed by atoms with Gasteiger partial charge in [0.05, 0.1) is 12.2 Å². The predicted octanol–water partition coefficient (Wildman–Crippen LogP) is 2.11. The minimum atomic E-state index is -0.0614. The second-order valence-electron chi connectivity index (χ2n) is 3.44. The van der Waals surface area contributed by atoms with Gasteiger partial charge in [-0.15, -0.1) is 0 Å². The van der Waals surface area contributed by atoms with Crippen LogP contribution in [0.5, 0.6) is 0 Å². The van der Waals surface area contributed by atoms with Gasteiger partial charge in [0.2, 0.25) is 0 Å². The van der Waals surface area contributed by atoms with Crippen LogP contribution < -0.4 is 5.90 Å². The molecule has 0 radical (unpaired) electrons. The average molecular weight is 189 g/mol. The van der Waals surface area contributed by atoms with Crippen LogP contribution in [0, 0.1) is 5.92 Å². The first-order valence-electron chi connectivity index (χ1n) is 5.12. The van der Waals surface area contributed by atoms with Gasteiger partial charge in [-0.2, -0.15) is 0 Å². The van der Waals surface area contributed by atoms with Crippen molar-refractivity contribution in [1.29, 1.82) is 0 Å². The van der Waals surface area contributed by atoms with E-state index in [2.05, 4.69) is 25.6 Å². The highest BCUT2D eigenvalue weighted by Crippen LogP contribution is 2.29. The molecule has 0 aliphatic carbocycles. The summed E-state index contributed by atoms with van der Waals surface area (Å²) >= 11 is 0. The SMILES string of the molecule is CCOC(CC)(CC)C(C)CON. The molecule has 0 aliphatic rings. The minimum absolute atomic E-state index is 0.0614. The van der Waals surface area contributed by atoms with Gasteiger partial charge in [-0.25, -0.2) is 5.90 Å². The van der Waals surface area contributed by atoms with Gasteiger partial charge in [0.25, 0.3) is 0 Å². The molecule has 0 saturated heterocycles. The summed E-state index contributed by atoms with van der Waals surface area (Å²) in [4.78, 5) is 4.68. The Kier molecular flexibility index (Phi) is 6.29. The standard InChI is InChI=1S/C10H23NO2/c1-5-10(6-2,12-7-3)9(4)8-13-11/h9H,5-8,11H2,1-4H3. The van der Waals surface area contributed by atoms with Crippen molar-refractivity contribution in [3.05, 3.63) is 0 Å². The minimum Gasteiger partial charge on any atom is -0.375 e. The fourth-order valence-electron chi connectivity index (χ4n) is 1.88. The number of hydrogen-bond acceptors (Lipinski definition) is 3. The molecule has 0 heterocycles. The number of ether oxygens (including phenoxy) is 1. The van der Waals surface area contributed by atoms with E-state index in [9.17, 15) is 0 Å². The second kappa shape index (κ2) is 6.35. The van der Waals surface area contributed by atoms with Gasteiger partial charge in [0, 0.05) is 12.5 Å². The van der Waals surface area contributed by atoms with Crippen molar-refractivity contribution in [2.45, 2.75) is 46.1 Å². The van der Waals surface area contributed by atoms with E-state index < -0.39 is 0 Å². The summed E-state index contributed by atoms with van der Waals surface area (Å²) < 4.78 is 5.81. The molecule has 0 amide bonds. The molecule has 2 N–H and O–H groups in total.